The largest absolute Gasteiger partial charge is 0.327 e. The van der Waals surface area contributed by atoms with Crippen molar-refractivity contribution >= 4 is 5.91 Å². The van der Waals surface area contributed by atoms with Crippen LogP contribution in [0.1, 0.15) is 20.8 Å². The fraction of sp³-hybridized carbons (Fsp3) is 0.300. The minimum Gasteiger partial charge on any atom is -0.327 e. The average molecular weight is 167 g/mol. The predicted molar refractivity (Wildman–Crippen MR) is 53.6 cm³/mol. The Morgan fingerprint density at radius 3 is 2.25 bits per heavy atom. The van der Waals surface area contributed by atoms with E-state index in [4.69, 9.17) is 0 Å². The Morgan fingerprint density at radius 2 is 1.92 bits per heavy atom. The van der Waals surface area contributed by atoms with Gasteiger partial charge in [0.15, 0.2) is 0 Å². The van der Waals surface area contributed by atoms with Crippen molar-refractivity contribution in [1.82, 2.24) is 5.32 Å². The molecule has 2 heteroatoms. The van der Waals surface area contributed by atoms with Crippen molar-refractivity contribution in [3.05, 3.63) is 37.1 Å². The van der Waals surface area contributed by atoms with E-state index >= 15 is 0 Å². The Balaban J connectivity index is 0. The summed E-state index contributed by atoms with van der Waals surface area (Å²) in [5, 5.41) is 2.51. The minimum absolute atomic E-state index is 0.112. The van der Waals surface area contributed by atoms with Gasteiger partial charge in [-0.3, -0.25) is 4.79 Å². The molecule has 0 heterocycles. The summed E-state index contributed by atoms with van der Waals surface area (Å²) < 4.78 is 0. The molecule has 0 aromatic heterocycles. The number of hydrogen-bond donors (Lipinski definition) is 1. The lowest BCUT2D eigenvalue weighted by atomic mass is 10.4. The second kappa shape index (κ2) is 9.69. The van der Waals surface area contributed by atoms with Gasteiger partial charge in [-0.2, -0.15) is 0 Å². The van der Waals surface area contributed by atoms with Crippen LogP contribution in [0.4, 0.5) is 0 Å². The molecule has 0 aliphatic rings. The molecular formula is C10H17NO. The van der Waals surface area contributed by atoms with Crippen LogP contribution in [0, 0.1) is 0 Å². The van der Waals surface area contributed by atoms with Gasteiger partial charge in [-0.25, -0.2) is 0 Å². The van der Waals surface area contributed by atoms with Gasteiger partial charge in [-0.1, -0.05) is 39.2 Å². The van der Waals surface area contributed by atoms with E-state index in [-0.39, 0.29) is 5.91 Å². The summed E-state index contributed by atoms with van der Waals surface area (Å²) in [5.41, 5.74) is 0.576. The summed E-state index contributed by atoms with van der Waals surface area (Å²) in [6, 6.07) is 0. The second-order valence-electron chi connectivity index (χ2n) is 1.80. The Morgan fingerprint density at radius 1 is 1.42 bits per heavy atom. The topological polar surface area (TPSA) is 29.1 Å². The lowest BCUT2D eigenvalue weighted by Crippen LogP contribution is -2.16. The zero-order valence-electron chi connectivity index (χ0n) is 8.05. The van der Waals surface area contributed by atoms with E-state index in [1.165, 1.54) is 6.92 Å². The van der Waals surface area contributed by atoms with E-state index in [0.717, 1.165) is 0 Å². The Hall–Kier alpha value is -1.31. The van der Waals surface area contributed by atoms with E-state index in [1.54, 1.807) is 18.2 Å². The summed E-state index contributed by atoms with van der Waals surface area (Å²) in [6.45, 7) is 12.5. The minimum atomic E-state index is -0.112. The first kappa shape index (κ1) is 13.3. The Labute approximate surface area is 74.7 Å². The first-order valence-corrected chi connectivity index (χ1v) is 3.92. The van der Waals surface area contributed by atoms with Crippen LogP contribution in [0.15, 0.2) is 37.1 Å². The summed E-state index contributed by atoms with van der Waals surface area (Å²) in [7, 11) is 0. The third-order valence-electron chi connectivity index (χ3n) is 0.770. The quantitative estimate of drug-likeness (QED) is 0.642. The average Bonchev–Trinajstić information content (AvgIpc) is 2.03. The number of rotatable bonds is 3. The maximum absolute atomic E-state index is 10.4. The van der Waals surface area contributed by atoms with Crippen LogP contribution in [0.25, 0.3) is 0 Å². The first-order valence-electron chi connectivity index (χ1n) is 3.92. The SMILES string of the molecule is C=C/C=C\C(=C)NC(C)=O.CC. The van der Waals surface area contributed by atoms with Crippen LogP contribution in [-0.2, 0) is 4.79 Å². The normalized spacial score (nSPS) is 8.25. The van der Waals surface area contributed by atoms with Gasteiger partial charge >= 0.3 is 0 Å². The molecule has 0 radical (unpaired) electrons. The molecule has 0 aliphatic carbocycles. The van der Waals surface area contributed by atoms with Gasteiger partial charge in [-0.05, 0) is 6.08 Å². The van der Waals surface area contributed by atoms with Crippen molar-refractivity contribution < 1.29 is 4.79 Å². The van der Waals surface area contributed by atoms with Crippen molar-refractivity contribution in [2.75, 3.05) is 0 Å². The maximum atomic E-state index is 10.4. The molecule has 1 N–H and O–H groups in total. The highest BCUT2D eigenvalue weighted by molar-refractivity contribution is 5.75. The Bertz CT molecular complexity index is 180. The predicted octanol–water partition coefficient (Wildman–Crippen LogP) is 2.40. The third-order valence-corrected chi connectivity index (χ3v) is 0.770. The van der Waals surface area contributed by atoms with Crippen molar-refractivity contribution in [1.29, 1.82) is 0 Å². The molecule has 0 rings (SSSR count). The fourth-order valence-corrected chi connectivity index (χ4v) is 0.452. The van der Waals surface area contributed by atoms with Crippen molar-refractivity contribution in [2.24, 2.45) is 0 Å². The van der Waals surface area contributed by atoms with E-state index in [0.29, 0.717) is 5.70 Å². The molecule has 2 nitrogen and oxygen atoms in total. The van der Waals surface area contributed by atoms with Crippen molar-refractivity contribution in [3.8, 4) is 0 Å². The number of amides is 1. The molecular weight excluding hydrogens is 150 g/mol. The molecule has 0 aromatic rings. The number of hydrogen-bond acceptors (Lipinski definition) is 1. The molecule has 0 saturated heterocycles. The summed E-state index contributed by atoms with van der Waals surface area (Å²) in [4.78, 5) is 10.4. The number of allylic oxidation sites excluding steroid dienone is 3. The first-order chi connectivity index (χ1) is 5.66. The van der Waals surface area contributed by atoms with Gasteiger partial charge in [0, 0.05) is 12.6 Å². The molecule has 12 heavy (non-hydrogen) atoms. The molecule has 0 fully saturated rings. The van der Waals surface area contributed by atoms with Gasteiger partial charge in [0.05, 0.1) is 0 Å². The highest BCUT2D eigenvalue weighted by Gasteiger charge is 1.88. The van der Waals surface area contributed by atoms with E-state index < -0.39 is 0 Å². The lowest BCUT2D eigenvalue weighted by molar-refractivity contribution is -0.118. The van der Waals surface area contributed by atoms with Crippen LogP contribution in [0.3, 0.4) is 0 Å². The monoisotopic (exact) mass is 167 g/mol. The van der Waals surface area contributed by atoms with Gasteiger partial charge in [-0.15, -0.1) is 0 Å². The number of carbonyl (C=O) groups is 1. The van der Waals surface area contributed by atoms with Crippen molar-refractivity contribution in [2.45, 2.75) is 20.8 Å². The van der Waals surface area contributed by atoms with Gasteiger partial charge in [0.25, 0.3) is 0 Å². The fourth-order valence-electron chi connectivity index (χ4n) is 0.452. The standard InChI is InChI=1S/C8H11NO.C2H6/c1-4-5-6-7(2)9-8(3)10;1-2/h4-6H,1-2H2,3H3,(H,9,10);1-2H3/b6-5-;. The summed E-state index contributed by atoms with van der Waals surface area (Å²) >= 11 is 0. The highest BCUT2D eigenvalue weighted by Crippen LogP contribution is 1.86. The molecule has 0 bridgehead atoms. The molecule has 1 amide bonds. The molecule has 68 valence electrons. The smallest absolute Gasteiger partial charge is 0.221 e. The molecule has 0 saturated carbocycles. The van der Waals surface area contributed by atoms with Crippen LogP contribution < -0.4 is 5.32 Å². The molecule has 0 aromatic carbocycles. The highest BCUT2D eigenvalue weighted by atomic mass is 16.1. The van der Waals surface area contributed by atoms with Crippen LogP contribution in [-0.4, -0.2) is 5.91 Å². The second-order valence-corrected chi connectivity index (χ2v) is 1.80. The van der Waals surface area contributed by atoms with Crippen molar-refractivity contribution in [3.63, 3.8) is 0 Å². The summed E-state index contributed by atoms with van der Waals surface area (Å²) in [6.07, 6.45) is 5.00. The maximum Gasteiger partial charge on any atom is 0.221 e. The Kier molecular flexibility index (Phi) is 10.7. The zero-order chi connectivity index (χ0) is 9.98. The third kappa shape index (κ3) is 11.5. The zero-order valence-corrected chi connectivity index (χ0v) is 8.05. The number of nitrogens with one attached hydrogen (secondary N) is 1. The van der Waals surface area contributed by atoms with Gasteiger partial charge in [0.1, 0.15) is 0 Å². The van der Waals surface area contributed by atoms with E-state index in [9.17, 15) is 4.79 Å². The van der Waals surface area contributed by atoms with Crippen LogP contribution >= 0.6 is 0 Å². The molecule has 0 unspecified atom stereocenters. The van der Waals surface area contributed by atoms with Crippen LogP contribution in [0.2, 0.25) is 0 Å². The number of carbonyl (C=O) groups excluding carboxylic acids is 1. The van der Waals surface area contributed by atoms with Crippen LogP contribution in [0.5, 0.6) is 0 Å². The molecule has 0 spiro atoms. The molecule has 0 aliphatic heterocycles. The van der Waals surface area contributed by atoms with E-state index in [2.05, 4.69) is 18.5 Å². The lowest BCUT2D eigenvalue weighted by Gasteiger charge is -1.97. The van der Waals surface area contributed by atoms with E-state index in [1.807, 2.05) is 13.8 Å². The molecule has 0 atom stereocenters. The van der Waals surface area contributed by atoms with Gasteiger partial charge < -0.3 is 5.32 Å². The summed E-state index contributed by atoms with van der Waals surface area (Å²) in [5.74, 6) is -0.112. The van der Waals surface area contributed by atoms with Gasteiger partial charge in [0.2, 0.25) is 5.91 Å².